The van der Waals surface area contributed by atoms with Gasteiger partial charge in [0.25, 0.3) is 5.91 Å². The number of benzene rings is 1. The van der Waals surface area contributed by atoms with E-state index in [9.17, 15) is 4.79 Å². The molecule has 1 aromatic carbocycles. The molecule has 2 unspecified atom stereocenters. The van der Waals surface area contributed by atoms with Crippen molar-refractivity contribution in [1.82, 2.24) is 10.6 Å². The summed E-state index contributed by atoms with van der Waals surface area (Å²) < 4.78 is 5.41. The van der Waals surface area contributed by atoms with E-state index in [4.69, 9.17) is 16.3 Å². The van der Waals surface area contributed by atoms with Gasteiger partial charge in [-0.15, -0.1) is 12.4 Å². The zero-order valence-electron chi connectivity index (χ0n) is 11.4. The predicted octanol–water partition coefficient (Wildman–Crippen LogP) is 2.40. The Morgan fingerprint density at radius 3 is 2.80 bits per heavy atom. The largest absolute Gasteiger partial charge is 0.484 e. The van der Waals surface area contributed by atoms with Crippen LogP contribution in [-0.4, -0.2) is 31.1 Å². The Morgan fingerprint density at radius 2 is 2.15 bits per heavy atom. The zero-order valence-corrected chi connectivity index (χ0v) is 13.0. The fraction of sp³-hybridized carbons (Fsp3) is 0.500. The molecular weight excluding hydrogens is 299 g/mol. The van der Waals surface area contributed by atoms with Gasteiger partial charge in [-0.3, -0.25) is 4.79 Å². The molecule has 20 heavy (non-hydrogen) atoms. The molecule has 1 saturated heterocycles. The van der Waals surface area contributed by atoms with E-state index in [0.29, 0.717) is 16.8 Å². The smallest absolute Gasteiger partial charge is 0.258 e. The van der Waals surface area contributed by atoms with Crippen molar-refractivity contribution in [2.75, 3.05) is 13.2 Å². The Labute approximate surface area is 130 Å². The molecule has 2 N–H and O–H groups in total. The molecule has 2 rings (SSSR count). The lowest BCUT2D eigenvalue weighted by Gasteiger charge is -2.30. The summed E-state index contributed by atoms with van der Waals surface area (Å²) in [5.41, 5.74) is 0. The highest BCUT2D eigenvalue weighted by Gasteiger charge is 2.22. The Hall–Kier alpha value is -0.970. The van der Waals surface area contributed by atoms with Crippen LogP contribution in [0.4, 0.5) is 0 Å². The van der Waals surface area contributed by atoms with Gasteiger partial charge in [0.2, 0.25) is 0 Å². The minimum absolute atomic E-state index is 0. The fourth-order valence-corrected chi connectivity index (χ4v) is 2.30. The predicted molar refractivity (Wildman–Crippen MR) is 82.8 cm³/mol. The number of ether oxygens (including phenoxy) is 1. The normalized spacial score (nSPS) is 21.7. The molecule has 1 aromatic rings. The fourth-order valence-electron chi connectivity index (χ4n) is 2.17. The molecule has 0 saturated carbocycles. The molecule has 6 heteroatoms. The molecule has 112 valence electrons. The number of halogens is 2. The van der Waals surface area contributed by atoms with E-state index in [2.05, 4.69) is 17.6 Å². The molecule has 0 bridgehead atoms. The number of nitrogens with one attached hydrogen (secondary N) is 2. The van der Waals surface area contributed by atoms with Crippen molar-refractivity contribution in [2.45, 2.75) is 31.8 Å². The number of hydrogen-bond donors (Lipinski definition) is 2. The summed E-state index contributed by atoms with van der Waals surface area (Å²) >= 11 is 5.78. The number of carbonyl (C=O) groups excluding carboxylic acids is 1. The van der Waals surface area contributed by atoms with Crippen LogP contribution in [-0.2, 0) is 4.79 Å². The monoisotopic (exact) mass is 318 g/mol. The first-order chi connectivity index (χ1) is 9.15. The molecule has 0 radical (unpaired) electrons. The van der Waals surface area contributed by atoms with Gasteiger partial charge in [-0.05, 0) is 50.6 Å². The molecule has 0 spiro atoms. The van der Waals surface area contributed by atoms with Crippen LogP contribution in [0.2, 0.25) is 5.02 Å². The van der Waals surface area contributed by atoms with Crippen molar-refractivity contribution in [3.63, 3.8) is 0 Å². The van der Waals surface area contributed by atoms with Crippen molar-refractivity contribution in [1.29, 1.82) is 0 Å². The van der Waals surface area contributed by atoms with E-state index in [1.165, 1.54) is 0 Å². The second-order valence-electron chi connectivity index (χ2n) is 4.80. The molecule has 2 atom stereocenters. The van der Waals surface area contributed by atoms with E-state index < -0.39 is 0 Å². The van der Waals surface area contributed by atoms with Crippen LogP contribution in [0.3, 0.4) is 0 Å². The summed E-state index contributed by atoms with van der Waals surface area (Å²) in [5, 5.41) is 7.00. The van der Waals surface area contributed by atoms with Crippen LogP contribution in [0.25, 0.3) is 0 Å². The molecule has 1 heterocycles. The Bertz CT molecular complexity index is 426. The number of piperidine rings is 1. The quantitative estimate of drug-likeness (QED) is 0.896. The zero-order chi connectivity index (χ0) is 13.7. The third kappa shape index (κ3) is 5.19. The Balaban J connectivity index is 0.00000200. The van der Waals surface area contributed by atoms with Gasteiger partial charge in [-0.2, -0.15) is 0 Å². The van der Waals surface area contributed by atoms with Gasteiger partial charge >= 0.3 is 0 Å². The Kier molecular flexibility index (Phi) is 7.13. The minimum atomic E-state index is -0.0875. The molecule has 0 aliphatic carbocycles. The highest BCUT2D eigenvalue weighted by Crippen LogP contribution is 2.15. The van der Waals surface area contributed by atoms with Gasteiger partial charge in [0.15, 0.2) is 6.61 Å². The summed E-state index contributed by atoms with van der Waals surface area (Å²) in [6.07, 6.45) is 2.11. The summed E-state index contributed by atoms with van der Waals surface area (Å²) in [7, 11) is 0. The average molecular weight is 319 g/mol. The van der Waals surface area contributed by atoms with E-state index in [0.717, 1.165) is 19.4 Å². The Morgan fingerprint density at radius 1 is 1.45 bits per heavy atom. The molecule has 1 aliphatic rings. The molecular formula is C14H20Cl2N2O2. The number of carbonyl (C=O) groups is 1. The highest BCUT2D eigenvalue weighted by molar-refractivity contribution is 6.30. The topological polar surface area (TPSA) is 50.4 Å². The van der Waals surface area contributed by atoms with Gasteiger partial charge in [-0.25, -0.2) is 0 Å². The molecule has 1 amide bonds. The van der Waals surface area contributed by atoms with Crippen molar-refractivity contribution in [3.05, 3.63) is 29.3 Å². The lowest BCUT2D eigenvalue weighted by atomic mass is 10.00. The maximum Gasteiger partial charge on any atom is 0.258 e. The standard InChI is InChI=1S/C14H19ClN2O2.ClH/c1-10-13(3-2-8-16-10)17-14(18)9-19-12-6-4-11(15)5-7-12;/h4-7,10,13,16H,2-3,8-9H2,1H3,(H,17,18);1H. The molecule has 4 nitrogen and oxygen atoms in total. The molecule has 1 aliphatic heterocycles. The molecule has 0 aromatic heterocycles. The number of hydrogen-bond acceptors (Lipinski definition) is 3. The summed E-state index contributed by atoms with van der Waals surface area (Å²) in [6, 6.07) is 7.48. The van der Waals surface area contributed by atoms with Crippen LogP contribution in [0, 0.1) is 0 Å². The minimum Gasteiger partial charge on any atom is -0.484 e. The molecule has 1 fully saturated rings. The first kappa shape index (κ1) is 17.1. The lowest BCUT2D eigenvalue weighted by molar-refractivity contribution is -0.124. The van der Waals surface area contributed by atoms with Crippen molar-refractivity contribution in [3.8, 4) is 5.75 Å². The van der Waals surface area contributed by atoms with Crippen LogP contribution in [0.1, 0.15) is 19.8 Å². The van der Waals surface area contributed by atoms with Gasteiger partial charge < -0.3 is 15.4 Å². The third-order valence-electron chi connectivity index (χ3n) is 3.29. The van der Waals surface area contributed by atoms with E-state index in [-0.39, 0.29) is 31.0 Å². The van der Waals surface area contributed by atoms with Crippen LogP contribution >= 0.6 is 24.0 Å². The van der Waals surface area contributed by atoms with Crippen molar-refractivity contribution >= 4 is 29.9 Å². The van der Waals surface area contributed by atoms with Crippen LogP contribution in [0.5, 0.6) is 5.75 Å². The highest BCUT2D eigenvalue weighted by atomic mass is 35.5. The maximum atomic E-state index is 11.8. The second kappa shape index (κ2) is 8.35. The lowest BCUT2D eigenvalue weighted by Crippen LogP contribution is -2.52. The average Bonchev–Trinajstić information content (AvgIpc) is 2.41. The van der Waals surface area contributed by atoms with Crippen LogP contribution < -0.4 is 15.4 Å². The number of amides is 1. The van der Waals surface area contributed by atoms with Gasteiger partial charge in [0.05, 0.1) is 0 Å². The summed E-state index contributed by atoms with van der Waals surface area (Å²) in [5.74, 6) is 0.560. The van der Waals surface area contributed by atoms with Crippen molar-refractivity contribution < 1.29 is 9.53 Å². The van der Waals surface area contributed by atoms with Gasteiger partial charge in [0.1, 0.15) is 5.75 Å². The van der Waals surface area contributed by atoms with E-state index >= 15 is 0 Å². The number of rotatable bonds is 4. The van der Waals surface area contributed by atoms with Crippen LogP contribution in [0.15, 0.2) is 24.3 Å². The van der Waals surface area contributed by atoms with E-state index in [1.807, 2.05) is 0 Å². The van der Waals surface area contributed by atoms with E-state index in [1.54, 1.807) is 24.3 Å². The maximum absolute atomic E-state index is 11.8. The van der Waals surface area contributed by atoms with Gasteiger partial charge in [0, 0.05) is 17.1 Å². The first-order valence-electron chi connectivity index (χ1n) is 6.56. The third-order valence-corrected chi connectivity index (χ3v) is 3.54. The van der Waals surface area contributed by atoms with Gasteiger partial charge in [-0.1, -0.05) is 11.6 Å². The summed E-state index contributed by atoms with van der Waals surface area (Å²) in [6.45, 7) is 3.14. The SMILES string of the molecule is CC1NCCCC1NC(=O)COc1ccc(Cl)cc1.Cl. The second-order valence-corrected chi connectivity index (χ2v) is 5.24. The summed E-state index contributed by atoms with van der Waals surface area (Å²) in [4.78, 5) is 11.8. The van der Waals surface area contributed by atoms with Crippen molar-refractivity contribution in [2.24, 2.45) is 0 Å². The first-order valence-corrected chi connectivity index (χ1v) is 6.94.